The first kappa shape index (κ1) is 14.3. The van der Waals surface area contributed by atoms with Crippen molar-refractivity contribution < 1.29 is 0 Å². The molecule has 112 valence electrons. The Hall–Kier alpha value is -1.68. The molecule has 0 amide bonds. The van der Waals surface area contributed by atoms with Crippen LogP contribution in [0.5, 0.6) is 0 Å². The van der Waals surface area contributed by atoms with E-state index in [1.54, 1.807) is 0 Å². The highest BCUT2D eigenvalue weighted by Crippen LogP contribution is 2.33. The normalized spacial score (nSPS) is 21.9. The lowest BCUT2D eigenvalue weighted by Gasteiger charge is -2.33. The SMILES string of the molecule is CCN(c1nc2ccccc2nc1C)C1CCCC1CN. The zero-order valence-electron chi connectivity index (χ0n) is 12.9. The second-order valence-electron chi connectivity index (χ2n) is 5.90. The van der Waals surface area contributed by atoms with E-state index >= 15 is 0 Å². The summed E-state index contributed by atoms with van der Waals surface area (Å²) in [5, 5.41) is 0. The van der Waals surface area contributed by atoms with Crippen LogP contribution in [0.2, 0.25) is 0 Å². The minimum absolute atomic E-state index is 0.508. The molecule has 1 aliphatic carbocycles. The molecule has 4 nitrogen and oxygen atoms in total. The minimum Gasteiger partial charge on any atom is -0.352 e. The summed E-state index contributed by atoms with van der Waals surface area (Å²) in [6.07, 6.45) is 3.71. The predicted octanol–water partition coefficient (Wildman–Crippen LogP) is 2.89. The van der Waals surface area contributed by atoms with Crippen molar-refractivity contribution in [2.75, 3.05) is 18.0 Å². The van der Waals surface area contributed by atoms with Gasteiger partial charge in [-0.05, 0) is 51.3 Å². The number of fused-ring (bicyclic) bond motifs is 1. The molecule has 2 N–H and O–H groups in total. The minimum atomic E-state index is 0.508. The second-order valence-corrected chi connectivity index (χ2v) is 5.90. The number of aromatic nitrogens is 2. The Bertz CT molecular complexity index is 625. The Morgan fingerprint density at radius 2 is 1.90 bits per heavy atom. The van der Waals surface area contributed by atoms with Crippen LogP contribution < -0.4 is 10.6 Å². The fourth-order valence-electron chi connectivity index (χ4n) is 3.59. The van der Waals surface area contributed by atoms with Crippen LogP contribution in [0, 0.1) is 12.8 Å². The summed E-state index contributed by atoms with van der Waals surface area (Å²) < 4.78 is 0. The van der Waals surface area contributed by atoms with E-state index in [0.29, 0.717) is 12.0 Å². The van der Waals surface area contributed by atoms with E-state index in [2.05, 4.69) is 18.7 Å². The molecule has 1 heterocycles. The van der Waals surface area contributed by atoms with Crippen molar-refractivity contribution in [1.29, 1.82) is 0 Å². The third-order valence-electron chi connectivity index (χ3n) is 4.65. The summed E-state index contributed by atoms with van der Waals surface area (Å²) in [5.41, 5.74) is 8.91. The molecule has 1 aliphatic rings. The van der Waals surface area contributed by atoms with Crippen LogP contribution in [0.25, 0.3) is 11.0 Å². The van der Waals surface area contributed by atoms with E-state index in [0.717, 1.165) is 35.6 Å². The first-order chi connectivity index (χ1) is 10.2. The number of nitrogens with zero attached hydrogens (tertiary/aromatic N) is 3. The number of rotatable bonds is 4. The van der Waals surface area contributed by atoms with Crippen LogP contribution in [0.1, 0.15) is 31.9 Å². The topological polar surface area (TPSA) is 55.0 Å². The molecule has 3 rings (SSSR count). The summed E-state index contributed by atoms with van der Waals surface area (Å²) in [4.78, 5) is 12.0. The molecule has 0 saturated heterocycles. The Labute approximate surface area is 126 Å². The molecule has 2 unspecified atom stereocenters. The van der Waals surface area contributed by atoms with Crippen LogP contribution in [-0.4, -0.2) is 29.1 Å². The predicted molar refractivity (Wildman–Crippen MR) is 87.5 cm³/mol. The Morgan fingerprint density at radius 3 is 2.57 bits per heavy atom. The number of aryl methyl sites for hydroxylation is 1. The molecular formula is C17H24N4. The van der Waals surface area contributed by atoms with Crippen molar-refractivity contribution in [3.05, 3.63) is 30.0 Å². The van der Waals surface area contributed by atoms with E-state index in [1.165, 1.54) is 19.3 Å². The summed E-state index contributed by atoms with van der Waals surface area (Å²) in [5.74, 6) is 1.61. The molecule has 0 radical (unpaired) electrons. The molecule has 1 fully saturated rings. The van der Waals surface area contributed by atoms with Gasteiger partial charge in [0.1, 0.15) is 0 Å². The van der Waals surface area contributed by atoms with Gasteiger partial charge >= 0.3 is 0 Å². The third-order valence-corrected chi connectivity index (χ3v) is 4.65. The maximum atomic E-state index is 5.96. The average molecular weight is 284 g/mol. The highest BCUT2D eigenvalue weighted by molar-refractivity contribution is 5.76. The van der Waals surface area contributed by atoms with Gasteiger partial charge in [0.25, 0.3) is 0 Å². The van der Waals surface area contributed by atoms with Gasteiger partial charge in [0.15, 0.2) is 5.82 Å². The number of para-hydroxylation sites is 2. The summed E-state index contributed by atoms with van der Waals surface area (Å²) in [7, 11) is 0. The van der Waals surface area contributed by atoms with Crippen LogP contribution in [0.4, 0.5) is 5.82 Å². The van der Waals surface area contributed by atoms with Gasteiger partial charge in [0, 0.05) is 12.6 Å². The Balaban J connectivity index is 2.02. The van der Waals surface area contributed by atoms with E-state index in [1.807, 2.05) is 24.3 Å². The van der Waals surface area contributed by atoms with Gasteiger partial charge in [0.05, 0.1) is 16.7 Å². The van der Waals surface area contributed by atoms with Gasteiger partial charge in [-0.15, -0.1) is 0 Å². The van der Waals surface area contributed by atoms with Crippen LogP contribution >= 0.6 is 0 Å². The van der Waals surface area contributed by atoms with Gasteiger partial charge in [-0.2, -0.15) is 0 Å². The lowest BCUT2D eigenvalue weighted by Crippen LogP contribution is -2.41. The first-order valence-corrected chi connectivity index (χ1v) is 7.94. The highest BCUT2D eigenvalue weighted by atomic mass is 15.2. The molecule has 0 aliphatic heterocycles. The number of nitrogens with two attached hydrogens (primary N) is 1. The molecule has 0 spiro atoms. The van der Waals surface area contributed by atoms with Crippen LogP contribution in [0.15, 0.2) is 24.3 Å². The maximum Gasteiger partial charge on any atom is 0.151 e. The van der Waals surface area contributed by atoms with E-state index in [-0.39, 0.29) is 0 Å². The highest BCUT2D eigenvalue weighted by Gasteiger charge is 2.32. The quantitative estimate of drug-likeness (QED) is 0.938. The van der Waals surface area contributed by atoms with E-state index < -0.39 is 0 Å². The number of anilines is 1. The van der Waals surface area contributed by atoms with E-state index in [9.17, 15) is 0 Å². The second kappa shape index (κ2) is 5.98. The molecule has 1 saturated carbocycles. The zero-order chi connectivity index (χ0) is 14.8. The molecule has 1 aromatic heterocycles. The van der Waals surface area contributed by atoms with Crippen molar-refractivity contribution in [3.8, 4) is 0 Å². The Morgan fingerprint density at radius 1 is 1.19 bits per heavy atom. The smallest absolute Gasteiger partial charge is 0.151 e. The van der Waals surface area contributed by atoms with Crippen LogP contribution in [0.3, 0.4) is 0 Å². The number of hydrogen-bond donors (Lipinski definition) is 1. The zero-order valence-corrected chi connectivity index (χ0v) is 12.9. The van der Waals surface area contributed by atoms with E-state index in [4.69, 9.17) is 15.7 Å². The molecule has 4 heteroatoms. The lowest BCUT2D eigenvalue weighted by atomic mass is 10.0. The molecule has 2 aromatic rings. The van der Waals surface area contributed by atoms with Gasteiger partial charge in [-0.1, -0.05) is 18.6 Å². The maximum absolute atomic E-state index is 5.96. The summed E-state index contributed by atoms with van der Waals surface area (Å²) in [6.45, 7) is 5.97. The summed E-state index contributed by atoms with van der Waals surface area (Å²) >= 11 is 0. The number of benzene rings is 1. The average Bonchev–Trinajstić information content (AvgIpc) is 2.97. The van der Waals surface area contributed by atoms with Crippen molar-refractivity contribution >= 4 is 16.9 Å². The van der Waals surface area contributed by atoms with Gasteiger partial charge in [0.2, 0.25) is 0 Å². The largest absolute Gasteiger partial charge is 0.352 e. The van der Waals surface area contributed by atoms with Crippen LogP contribution in [-0.2, 0) is 0 Å². The number of hydrogen-bond acceptors (Lipinski definition) is 4. The van der Waals surface area contributed by atoms with Gasteiger partial charge in [-0.3, -0.25) is 0 Å². The fraction of sp³-hybridized carbons (Fsp3) is 0.529. The lowest BCUT2D eigenvalue weighted by molar-refractivity contribution is 0.459. The van der Waals surface area contributed by atoms with Crippen molar-refractivity contribution in [3.63, 3.8) is 0 Å². The third kappa shape index (κ3) is 2.60. The monoisotopic (exact) mass is 284 g/mol. The summed E-state index contributed by atoms with van der Waals surface area (Å²) in [6, 6.07) is 8.59. The first-order valence-electron chi connectivity index (χ1n) is 7.94. The molecule has 0 bridgehead atoms. The molecular weight excluding hydrogens is 260 g/mol. The van der Waals surface area contributed by atoms with Gasteiger partial charge in [-0.25, -0.2) is 9.97 Å². The van der Waals surface area contributed by atoms with Crippen molar-refractivity contribution in [1.82, 2.24) is 9.97 Å². The van der Waals surface area contributed by atoms with Crippen molar-refractivity contribution in [2.24, 2.45) is 11.7 Å². The molecule has 2 atom stereocenters. The van der Waals surface area contributed by atoms with Crippen molar-refractivity contribution in [2.45, 2.75) is 39.2 Å². The molecule has 21 heavy (non-hydrogen) atoms. The van der Waals surface area contributed by atoms with Gasteiger partial charge < -0.3 is 10.6 Å². The molecule has 1 aromatic carbocycles. The Kier molecular flexibility index (Phi) is 4.06. The standard InChI is InChI=1S/C17H24N4/c1-3-21(16-10-6-7-13(16)11-18)17-12(2)19-14-8-4-5-9-15(14)20-17/h4-5,8-9,13,16H,3,6-7,10-11,18H2,1-2H3. The fourth-order valence-corrected chi connectivity index (χ4v) is 3.59.